The van der Waals surface area contributed by atoms with Gasteiger partial charge in [-0.2, -0.15) is 0 Å². The molecule has 0 bridgehead atoms. The summed E-state index contributed by atoms with van der Waals surface area (Å²) in [6, 6.07) is 16.0. The van der Waals surface area contributed by atoms with Gasteiger partial charge in [0.2, 0.25) is 0 Å². The van der Waals surface area contributed by atoms with Crippen molar-refractivity contribution >= 4 is 39.1 Å². The van der Waals surface area contributed by atoms with Crippen LogP contribution in [0.3, 0.4) is 0 Å². The van der Waals surface area contributed by atoms with E-state index in [0.29, 0.717) is 0 Å². The lowest BCUT2D eigenvalue weighted by Gasteiger charge is -2.24. The lowest BCUT2D eigenvalue weighted by Crippen LogP contribution is -2.40. The van der Waals surface area contributed by atoms with Crippen LogP contribution in [0.1, 0.15) is 22.7 Å². The summed E-state index contributed by atoms with van der Waals surface area (Å²) >= 11 is 9.20. The molecule has 1 aliphatic rings. The number of benzene rings is 2. The van der Waals surface area contributed by atoms with Crippen molar-refractivity contribution < 1.29 is 4.79 Å². The summed E-state index contributed by atoms with van der Waals surface area (Å²) in [5, 5.41) is 1.59. The lowest BCUT2D eigenvalue weighted by molar-refractivity contribution is -0.131. The van der Waals surface area contributed by atoms with Gasteiger partial charge in [-0.15, -0.1) is 11.6 Å². The van der Waals surface area contributed by atoms with Crippen LogP contribution in [-0.4, -0.2) is 16.8 Å². The summed E-state index contributed by atoms with van der Waals surface area (Å²) in [6.45, 7) is 2.04. The molecule has 2 aromatic carbocycles. The van der Waals surface area contributed by atoms with E-state index in [0.717, 1.165) is 21.3 Å². The van der Waals surface area contributed by atoms with E-state index in [1.54, 1.807) is 5.01 Å². The van der Waals surface area contributed by atoms with Gasteiger partial charge in [0.15, 0.2) is 0 Å². The molecule has 118 valence electrons. The van der Waals surface area contributed by atoms with E-state index in [4.69, 9.17) is 11.6 Å². The Hall–Kier alpha value is -1.78. The molecule has 1 amide bonds. The number of halogens is 2. The third kappa shape index (κ3) is 3.43. The maximum atomic E-state index is 12.2. The molecule has 1 aliphatic heterocycles. The molecule has 23 heavy (non-hydrogen) atoms. The van der Waals surface area contributed by atoms with Crippen LogP contribution in [-0.2, 0) is 4.79 Å². The molecule has 2 aromatic rings. The summed E-state index contributed by atoms with van der Waals surface area (Å²) in [7, 11) is 0. The number of hydrogen-bond donors (Lipinski definition) is 1. The first kappa shape index (κ1) is 16.1. The Kier molecular flexibility index (Phi) is 4.74. The molecule has 0 aromatic heterocycles. The summed E-state index contributed by atoms with van der Waals surface area (Å²) < 4.78 is 1.02. The Morgan fingerprint density at radius 3 is 2.43 bits per heavy atom. The molecule has 0 unspecified atom stereocenters. The van der Waals surface area contributed by atoms with Crippen molar-refractivity contribution in [2.75, 3.05) is 5.88 Å². The van der Waals surface area contributed by atoms with Crippen LogP contribution >= 0.6 is 27.5 Å². The predicted molar refractivity (Wildman–Crippen MR) is 96.7 cm³/mol. The second-order valence-electron chi connectivity index (χ2n) is 5.45. The number of hydrazine groups is 1. The van der Waals surface area contributed by atoms with Crippen LogP contribution in [0.5, 0.6) is 0 Å². The zero-order valence-corrected chi connectivity index (χ0v) is 14.9. The average molecular weight is 392 g/mol. The zero-order chi connectivity index (χ0) is 16.4. The van der Waals surface area contributed by atoms with Crippen LogP contribution in [0, 0.1) is 6.92 Å². The molecule has 0 saturated carbocycles. The van der Waals surface area contributed by atoms with Gasteiger partial charge in [0.05, 0.1) is 11.7 Å². The van der Waals surface area contributed by atoms with Crippen LogP contribution in [0.15, 0.2) is 59.1 Å². The topological polar surface area (TPSA) is 32.3 Å². The van der Waals surface area contributed by atoms with Crippen molar-refractivity contribution in [3.63, 3.8) is 0 Å². The first-order chi connectivity index (χ1) is 11.1. The third-order valence-corrected chi connectivity index (χ3v) is 4.56. The highest BCUT2D eigenvalue weighted by molar-refractivity contribution is 9.10. The Balaban J connectivity index is 1.96. The Bertz CT molecular complexity index is 741. The van der Waals surface area contributed by atoms with Crippen LogP contribution < -0.4 is 5.43 Å². The fourth-order valence-electron chi connectivity index (χ4n) is 2.55. The minimum absolute atomic E-state index is 0.0587. The van der Waals surface area contributed by atoms with Gasteiger partial charge in [-0.25, -0.2) is 5.01 Å². The van der Waals surface area contributed by atoms with Gasteiger partial charge in [0, 0.05) is 4.47 Å². The molecule has 0 spiro atoms. The van der Waals surface area contributed by atoms with Crippen molar-refractivity contribution in [3.8, 4) is 0 Å². The number of amides is 1. The highest BCUT2D eigenvalue weighted by Gasteiger charge is 2.30. The molecule has 1 heterocycles. The van der Waals surface area contributed by atoms with E-state index < -0.39 is 0 Å². The minimum Gasteiger partial charge on any atom is -0.295 e. The maximum absolute atomic E-state index is 12.2. The number of hydrogen-bond acceptors (Lipinski definition) is 2. The SMILES string of the molecule is Cc1ccc([C@H]2C=C(c3ccc(Br)cc3)NN2C(=O)CCl)cc1. The molecule has 0 radical (unpaired) electrons. The number of carbonyl (C=O) groups is 1. The molecule has 1 N–H and O–H groups in total. The van der Waals surface area contributed by atoms with E-state index >= 15 is 0 Å². The quantitative estimate of drug-likeness (QED) is 0.785. The number of nitrogens with one attached hydrogen (secondary N) is 1. The zero-order valence-electron chi connectivity index (χ0n) is 12.6. The maximum Gasteiger partial charge on any atom is 0.256 e. The molecule has 0 fully saturated rings. The summed E-state index contributed by atoms with van der Waals surface area (Å²) in [4.78, 5) is 12.2. The van der Waals surface area contributed by atoms with Gasteiger partial charge in [-0.05, 0) is 36.3 Å². The van der Waals surface area contributed by atoms with Gasteiger partial charge in [-0.1, -0.05) is 57.9 Å². The van der Waals surface area contributed by atoms with E-state index in [2.05, 4.69) is 27.4 Å². The van der Waals surface area contributed by atoms with Gasteiger partial charge in [-0.3, -0.25) is 10.2 Å². The van der Waals surface area contributed by atoms with Gasteiger partial charge < -0.3 is 0 Å². The van der Waals surface area contributed by atoms with E-state index in [9.17, 15) is 4.79 Å². The van der Waals surface area contributed by atoms with E-state index in [-0.39, 0.29) is 17.8 Å². The Labute approximate surface area is 149 Å². The fraction of sp³-hybridized carbons (Fsp3) is 0.167. The van der Waals surface area contributed by atoms with Crippen LogP contribution in [0.2, 0.25) is 0 Å². The fourth-order valence-corrected chi connectivity index (χ4v) is 2.94. The average Bonchev–Trinajstić information content (AvgIpc) is 3.00. The number of rotatable bonds is 3. The smallest absolute Gasteiger partial charge is 0.256 e. The highest BCUT2D eigenvalue weighted by Crippen LogP contribution is 2.32. The van der Waals surface area contributed by atoms with Crippen molar-refractivity contribution in [1.29, 1.82) is 0 Å². The molecule has 0 aliphatic carbocycles. The third-order valence-electron chi connectivity index (χ3n) is 3.80. The summed E-state index contributed by atoms with van der Waals surface area (Å²) in [5.41, 5.74) is 7.35. The number of carbonyl (C=O) groups excluding carboxylic acids is 1. The van der Waals surface area contributed by atoms with Crippen LogP contribution in [0.4, 0.5) is 0 Å². The van der Waals surface area contributed by atoms with Crippen molar-refractivity contribution in [1.82, 2.24) is 10.4 Å². The molecule has 3 nitrogen and oxygen atoms in total. The summed E-state index contributed by atoms with van der Waals surface area (Å²) in [6.07, 6.45) is 2.05. The van der Waals surface area contributed by atoms with E-state index in [1.807, 2.05) is 55.5 Å². The Morgan fingerprint density at radius 2 is 1.83 bits per heavy atom. The molecule has 5 heteroatoms. The highest BCUT2D eigenvalue weighted by atomic mass is 79.9. The van der Waals surface area contributed by atoms with Gasteiger partial charge >= 0.3 is 0 Å². The van der Waals surface area contributed by atoms with Crippen molar-refractivity contribution in [2.45, 2.75) is 13.0 Å². The predicted octanol–water partition coefficient (Wildman–Crippen LogP) is 4.43. The minimum atomic E-state index is -0.166. The van der Waals surface area contributed by atoms with Gasteiger partial charge in [0.25, 0.3) is 5.91 Å². The van der Waals surface area contributed by atoms with Crippen LogP contribution in [0.25, 0.3) is 5.70 Å². The second-order valence-corrected chi connectivity index (χ2v) is 6.63. The molecular weight excluding hydrogens is 376 g/mol. The van der Waals surface area contributed by atoms with Crippen molar-refractivity contribution in [2.24, 2.45) is 0 Å². The number of aryl methyl sites for hydroxylation is 1. The number of nitrogens with zero attached hydrogens (tertiary/aromatic N) is 1. The first-order valence-corrected chi connectivity index (χ1v) is 8.60. The summed E-state index contributed by atoms with van der Waals surface area (Å²) in [5.74, 6) is -0.211. The molecule has 0 saturated heterocycles. The van der Waals surface area contributed by atoms with Crippen molar-refractivity contribution in [3.05, 3.63) is 75.8 Å². The lowest BCUT2D eigenvalue weighted by atomic mass is 10.0. The largest absolute Gasteiger partial charge is 0.295 e. The first-order valence-electron chi connectivity index (χ1n) is 7.27. The standard InChI is InChI=1S/C18H16BrClN2O/c1-12-2-4-14(5-3-12)17-10-16(21-22(17)18(23)11-20)13-6-8-15(19)9-7-13/h2-10,17,21H,11H2,1H3/t17-/m1/s1. The molecular formula is C18H16BrClN2O. The van der Waals surface area contributed by atoms with E-state index in [1.165, 1.54) is 5.56 Å². The second kappa shape index (κ2) is 6.77. The molecule has 1 atom stereocenters. The van der Waals surface area contributed by atoms with Gasteiger partial charge in [0.1, 0.15) is 5.88 Å². The monoisotopic (exact) mass is 390 g/mol. The normalized spacial score (nSPS) is 16.9. The molecule has 3 rings (SSSR count). The Morgan fingerprint density at radius 1 is 1.17 bits per heavy atom. The number of alkyl halides is 1.